The zero-order valence-electron chi connectivity index (χ0n) is 20.2. The maximum Gasteiger partial charge on any atom is 0.417 e. The van der Waals surface area contributed by atoms with Gasteiger partial charge in [0.1, 0.15) is 4.07 Å². The lowest BCUT2D eigenvalue weighted by Crippen LogP contribution is -2.30. The number of rotatable bonds is 8. The van der Waals surface area contributed by atoms with E-state index in [1.54, 1.807) is 0 Å². The molecule has 0 saturated heterocycles. The van der Waals surface area contributed by atoms with Crippen LogP contribution in [0.2, 0.25) is 0 Å². The van der Waals surface area contributed by atoms with Crippen molar-refractivity contribution in [2.75, 3.05) is 6.16 Å². The quantitative estimate of drug-likeness (QED) is 0.105. The van der Waals surface area contributed by atoms with Gasteiger partial charge in [-0.3, -0.25) is 0 Å². The molecule has 0 aliphatic heterocycles. The van der Waals surface area contributed by atoms with E-state index < -0.39 is 43.4 Å². The lowest BCUT2D eigenvalue weighted by atomic mass is 10.2. The Morgan fingerprint density at radius 2 is 0.872 bits per heavy atom. The maximum absolute atomic E-state index is 14.0. The zero-order chi connectivity index (χ0) is 28.3. The third-order valence-corrected chi connectivity index (χ3v) is 12.5. The lowest BCUT2D eigenvalue weighted by molar-refractivity contribution is -0.137. The lowest BCUT2D eigenvalue weighted by Gasteiger charge is -2.33. The van der Waals surface area contributed by atoms with E-state index in [1.807, 2.05) is 60.7 Å². The van der Waals surface area contributed by atoms with E-state index in [0.29, 0.717) is 0 Å². The van der Waals surface area contributed by atoms with Crippen LogP contribution < -0.4 is 21.2 Å². The molecule has 4 rings (SSSR count). The van der Waals surface area contributed by atoms with Crippen molar-refractivity contribution >= 4 is 60.3 Å². The monoisotopic (exact) mass is 616 g/mol. The minimum Gasteiger partial charge on any atom is -0.166 e. The van der Waals surface area contributed by atoms with E-state index in [2.05, 4.69) is 0 Å². The van der Waals surface area contributed by atoms with Crippen LogP contribution in [0.25, 0.3) is 0 Å². The number of halogens is 8. The van der Waals surface area contributed by atoms with Gasteiger partial charge in [-0.2, -0.15) is 26.3 Å². The highest BCUT2D eigenvalue weighted by Gasteiger charge is 2.42. The summed E-state index contributed by atoms with van der Waals surface area (Å²) < 4.78 is 82.8. The van der Waals surface area contributed by atoms with Crippen LogP contribution in [0.15, 0.2) is 109 Å². The van der Waals surface area contributed by atoms with Crippen molar-refractivity contribution < 1.29 is 26.3 Å². The maximum atomic E-state index is 14.0. The van der Waals surface area contributed by atoms with E-state index in [0.717, 1.165) is 22.7 Å². The largest absolute Gasteiger partial charge is 0.417 e. The average molecular weight is 617 g/mol. The van der Waals surface area contributed by atoms with Crippen molar-refractivity contribution in [3.8, 4) is 0 Å². The van der Waals surface area contributed by atoms with Gasteiger partial charge in [-0.25, -0.2) is 0 Å². The molecular formula is C29H22Cl2F6P2. The van der Waals surface area contributed by atoms with E-state index in [4.69, 9.17) is 23.2 Å². The van der Waals surface area contributed by atoms with Crippen LogP contribution in [0.4, 0.5) is 26.3 Å². The van der Waals surface area contributed by atoms with Crippen molar-refractivity contribution in [1.82, 2.24) is 0 Å². The first-order valence-electron chi connectivity index (χ1n) is 11.8. The molecule has 0 unspecified atom stereocenters. The molecule has 0 spiro atoms. The molecule has 0 radical (unpaired) electrons. The van der Waals surface area contributed by atoms with Crippen molar-refractivity contribution in [2.24, 2.45) is 0 Å². The molecule has 0 atom stereocenters. The molecule has 0 aliphatic rings. The molecule has 0 nitrogen and oxygen atoms in total. The summed E-state index contributed by atoms with van der Waals surface area (Å²) in [6.45, 7) is 0. The Hall–Kier alpha value is -2.10. The molecular weight excluding hydrogens is 595 g/mol. The Bertz CT molecular complexity index is 1280. The average Bonchev–Trinajstić information content (AvgIpc) is 2.89. The predicted molar refractivity (Wildman–Crippen MR) is 152 cm³/mol. The Morgan fingerprint density at radius 3 is 1.26 bits per heavy atom. The van der Waals surface area contributed by atoms with Crippen molar-refractivity contribution in [3.05, 3.63) is 120 Å². The standard InChI is InChI=1S/C29H22Cl2F6P2/c30-27(31,39(21-11-3-1-4-12-21)22-13-5-2-6-14-22)19-20-38(25-17-9-7-15-23(25)28(32,33)34)26-18-10-8-16-24(26)29(35,36)37/h1-18H,19-20H2. The molecule has 0 N–H and O–H groups in total. The van der Waals surface area contributed by atoms with Crippen molar-refractivity contribution in [1.29, 1.82) is 0 Å². The first kappa shape index (κ1) is 29.9. The molecule has 0 fully saturated rings. The molecule has 0 bridgehead atoms. The van der Waals surface area contributed by atoms with Gasteiger partial charge in [0, 0.05) is 0 Å². The van der Waals surface area contributed by atoms with Crippen LogP contribution in [0, 0.1) is 0 Å². The van der Waals surface area contributed by atoms with Crippen LogP contribution in [-0.4, -0.2) is 10.2 Å². The number of benzene rings is 4. The first-order valence-corrected chi connectivity index (χ1v) is 15.4. The summed E-state index contributed by atoms with van der Waals surface area (Å²) in [7, 11) is -3.57. The molecule has 39 heavy (non-hydrogen) atoms. The van der Waals surface area contributed by atoms with Crippen LogP contribution in [0.1, 0.15) is 17.5 Å². The molecule has 4 aromatic carbocycles. The van der Waals surface area contributed by atoms with Crippen LogP contribution in [-0.2, 0) is 12.4 Å². The SMILES string of the molecule is FC(F)(F)c1ccccc1P(CCC(Cl)(Cl)P(c1ccccc1)c1ccccc1)c1ccccc1C(F)(F)F. The van der Waals surface area contributed by atoms with Gasteiger partial charge < -0.3 is 0 Å². The molecule has 10 heteroatoms. The Balaban J connectivity index is 1.81. The Kier molecular flexibility index (Phi) is 9.33. The summed E-state index contributed by atoms with van der Waals surface area (Å²) in [6.07, 6.45) is -9.61. The number of alkyl halides is 8. The normalized spacial score (nSPS) is 12.8. The highest BCUT2D eigenvalue weighted by molar-refractivity contribution is 7.77. The highest BCUT2D eigenvalue weighted by atomic mass is 35.5. The van der Waals surface area contributed by atoms with Gasteiger partial charge in [0.2, 0.25) is 0 Å². The topological polar surface area (TPSA) is 0 Å². The third-order valence-electron chi connectivity index (χ3n) is 5.99. The summed E-state index contributed by atoms with van der Waals surface area (Å²) in [5.41, 5.74) is -1.92. The van der Waals surface area contributed by atoms with E-state index in [9.17, 15) is 26.3 Å². The Labute approximate surface area is 235 Å². The fourth-order valence-electron chi connectivity index (χ4n) is 4.31. The van der Waals surface area contributed by atoms with Gasteiger partial charge in [0.05, 0.1) is 11.1 Å². The van der Waals surface area contributed by atoms with E-state index in [1.165, 1.54) is 36.4 Å². The van der Waals surface area contributed by atoms with Gasteiger partial charge in [0.15, 0.2) is 0 Å². The molecule has 0 heterocycles. The number of hydrogen-bond donors (Lipinski definition) is 0. The summed E-state index contributed by atoms with van der Waals surface area (Å²) in [6, 6.07) is 28.1. The van der Waals surface area contributed by atoms with E-state index in [-0.39, 0.29) is 23.2 Å². The van der Waals surface area contributed by atoms with Crippen LogP contribution in [0.3, 0.4) is 0 Å². The predicted octanol–water partition coefficient (Wildman–Crippen LogP) is 8.81. The summed E-state index contributed by atoms with van der Waals surface area (Å²) >= 11 is 14.0. The first-order chi connectivity index (χ1) is 18.4. The van der Waals surface area contributed by atoms with Gasteiger partial charge >= 0.3 is 12.4 Å². The minimum atomic E-state index is -4.75. The summed E-state index contributed by atoms with van der Waals surface area (Å²) in [4.78, 5) is 0. The summed E-state index contributed by atoms with van der Waals surface area (Å²) in [5, 5.41) is 1.31. The second-order valence-electron chi connectivity index (χ2n) is 8.60. The summed E-state index contributed by atoms with van der Waals surface area (Å²) in [5.74, 6) is 0. The van der Waals surface area contributed by atoms with Crippen molar-refractivity contribution in [3.63, 3.8) is 0 Å². The fraction of sp³-hybridized carbons (Fsp3) is 0.172. The zero-order valence-corrected chi connectivity index (χ0v) is 23.5. The minimum absolute atomic E-state index is 0.0321. The van der Waals surface area contributed by atoms with Crippen LogP contribution >= 0.6 is 39.0 Å². The molecule has 0 saturated carbocycles. The molecule has 0 aliphatic carbocycles. The molecule has 4 aromatic rings. The van der Waals surface area contributed by atoms with Gasteiger partial charge in [-0.1, -0.05) is 120 Å². The Morgan fingerprint density at radius 1 is 0.513 bits per heavy atom. The van der Waals surface area contributed by atoms with Gasteiger partial charge in [-0.15, -0.1) is 0 Å². The molecule has 0 aromatic heterocycles. The smallest absolute Gasteiger partial charge is 0.166 e. The van der Waals surface area contributed by atoms with Crippen LogP contribution in [0.5, 0.6) is 0 Å². The second-order valence-corrected chi connectivity index (χ2v) is 15.3. The molecule has 204 valence electrons. The second kappa shape index (κ2) is 12.2. The third kappa shape index (κ3) is 7.16. The highest BCUT2D eigenvalue weighted by Crippen LogP contribution is 2.57. The van der Waals surface area contributed by atoms with Gasteiger partial charge in [0.25, 0.3) is 0 Å². The van der Waals surface area contributed by atoms with Crippen molar-refractivity contribution in [2.45, 2.75) is 22.8 Å². The number of hydrogen-bond acceptors (Lipinski definition) is 0. The van der Waals surface area contributed by atoms with E-state index >= 15 is 0 Å². The molecule has 0 amide bonds. The van der Waals surface area contributed by atoms with Gasteiger partial charge in [-0.05, 0) is 61.8 Å². The fourth-order valence-corrected chi connectivity index (χ4v) is 11.3.